The number of aryl methyl sites for hydroxylation is 1. The molecule has 1 aromatic carbocycles. The van der Waals surface area contributed by atoms with E-state index in [4.69, 9.17) is 16.9 Å². The average molecular weight is 233 g/mol. The summed E-state index contributed by atoms with van der Waals surface area (Å²) in [6.07, 6.45) is 2.94. The van der Waals surface area contributed by atoms with Gasteiger partial charge >= 0.3 is 0 Å². The van der Waals surface area contributed by atoms with E-state index >= 15 is 0 Å². The van der Waals surface area contributed by atoms with Crippen molar-refractivity contribution in [1.29, 1.82) is 5.26 Å². The van der Waals surface area contributed by atoms with Gasteiger partial charge < -0.3 is 4.98 Å². The normalized spacial score (nSPS) is 10.5. The second kappa shape index (κ2) is 5.05. The van der Waals surface area contributed by atoms with E-state index in [2.05, 4.69) is 17.1 Å². The molecule has 0 bridgehead atoms. The van der Waals surface area contributed by atoms with Crippen molar-refractivity contribution in [3.05, 3.63) is 35.5 Å². The summed E-state index contributed by atoms with van der Waals surface area (Å²) < 4.78 is 0. The molecule has 1 aromatic heterocycles. The number of halogens is 1. The van der Waals surface area contributed by atoms with Gasteiger partial charge in [0.05, 0.1) is 0 Å². The van der Waals surface area contributed by atoms with Crippen LogP contribution in [-0.4, -0.2) is 10.9 Å². The quantitative estimate of drug-likeness (QED) is 0.635. The molecule has 2 aromatic rings. The van der Waals surface area contributed by atoms with Gasteiger partial charge in [0.2, 0.25) is 0 Å². The average Bonchev–Trinajstić information content (AvgIpc) is 2.68. The van der Waals surface area contributed by atoms with Crippen LogP contribution in [0.4, 0.5) is 0 Å². The van der Waals surface area contributed by atoms with Crippen LogP contribution >= 0.6 is 11.6 Å². The zero-order valence-electron chi connectivity index (χ0n) is 8.96. The van der Waals surface area contributed by atoms with E-state index in [0.29, 0.717) is 11.6 Å². The SMILES string of the molecule is N#Cc1[nH]c2ccccc2c1CCCCCl. The second-order valence-electron chi connectivity index (χ2n) is 3.78. The van der Waals surface area contributed by atoms with Crippen LogP contribution in [-0.2, 0) is 6.42 Å². The topological polar surface area (TPSA) is 39.6 Å². The lowest BCUT2D eigenvalue weighted by Crippen LogP contribution is -1.88. The zero-order valence-corrected chi connectivity index (χ0v) is 9.72. The Morgan fingerprint density at radius 2 is 2.06 bits per heavy atom. The second-order valence-corrected chi connectivity index (χ2v) is 4.16. The van der Waals surface area contributed by atoms with Gasteiger partial charge in [-0.15, -0.1) is 11.6 Å². The number of unbranched alkanes of at least 4 members (excludes halogenated alkanes) is 1. The molecule has 0 radical (unpaired) electrons. The molecule has 0 unspecified atom stereocenters. The monoisotopic (exact) mass is 232 g/mol. The van der Waals surface area contributed by atoms with Crippen molar-refractivity contribution >= 4 is 22.5 Å². The molecule has 82 valence electrons. The first-order chi connectivity index (χ1) is 7.86. The van der Waals surface area contributed by atoms with E-state index in [1.807, 2.05) is 18.2 Å². The Morgan fingerprint density at radius 3 is 2.81 bits per heavy atom. The lowest BCUT2D eigenvalue weighted by molar-refractivity contribution is 0.802. The molecule has 0 aliphatic heterocycles. The van der Waals surface area contributed by atoms with Crippen molar-refractivity contribution in [2.24, 2.45) is 0 Å². The minimum atomic E-state index is 0.685. The van der Waals surface area contributed by atoms with Gasteiger partial charge in [-0.1, -0.05) is 18.2 Å². The molecule has 1 N–H and O–H groups in total. The Morgan fingerprint density at radius 1 is 1.25 bits per heavy atom. The van der Waals surface area contributed by atoms with Gasteiger partial charge in [0.15, 0.2) is 0 Å². The molecule has 0 saturated carbocycles. The molecule has 3 heteroatoms. The van der Waals surface area contributed by atoms with Crippen molar-refractivity contribution in [3.63, 3.8) is 0 Å². The summed E-state index contributed by atoms with van der Waals surface area (Å²) >= 11 is 5.66. The molecule has 2 nitrogen and oxygen atoms in total. The number of nitrogens with one attached hydrogen (secondary N) is 1. The highest BCUT2D eigenvalue weighted by Crippen LogP contribution is 2.23. The van der Waals surface area contributed by atoms with Gasteiger partial charge in [0, 0.05) is 16.8 Å². The van der Waals surface area contributed by atoms with E-state index in [1.54, 1.807) is 0 Å². The van der Waals surface area contributed by atoms with Gasteiger partial charge in [-0.2, -0.15) is 5.26 Å². The number of rotatable bonds is 4. The standard InChI is InChI=1S/C13H13ClN2/c14-8-4-3-6-11-10-5-1-2-7-12(10)16-13(11)9-15/h1-2,5,7,16H,3-4,6,8H2. The van der Waals surface area contributed by atoms with Crippen LogP contribution in [0.25, 0.3) is 10.9 Å². The summed E-state index contributed by atoms with van der Waals surface area (Å²) in [6, 6.07) is 10.3. The first kappa shape index (κ1) is 11.0. The summed E-state index contributed by atoms with van der Waals surface area (Å²) in [7, 11) is 0. The number of hydrogen-bond acceptors (Lipinski definition) is 1. The lowest BCUT2D eigenvalue weighted by Gasteiger charge is -1.98. The molecular formula is C13H13ClN2. The first-order valence-corrected chi connectivity index (χ1v) is 5.96. The van der Waals surface area contributed by atoms with Crippen LogP contribution in [0.3, 0.4) is 0 Å². The van der Waals surface area contributed by atoms with Crippen LogP contribution < -0.4 is 0 Å². The number of benzene rings is 1. The third kappa shape index (κ3) is 2.05. The van der Waals surface area contributed by atoms with E-state index in [9.17, 15) is 0 Å². The zero-order chi connectivity index (χ0) is 11.4. The van der Waals surface area contributed by atoms with Gasteiger partial charge in [-0.3, -0.25) is 0 Å². The number of para-hydroxylation sites is 1. The molecule has 0 atom stereocenters. The van der Waals surface area contributed by atoms with Crippen molar-refractivity contribution in [1.82, 2.24) is 4.98 Å². The Hall–Kier alpha value is -1.46. The maximum absolute atomic E-state index is 9.07. The molecule has 0 aliphatic carbocycles. The third-order valence-electron chi connectivity index (χ3n) is 2.74. The van der Waals surface area contributed by atoms with Crippen LogP contribution in [0, 0.1) is 11.3 Å². The first-order valence-electron chi connectivity index (χ1n) is 5.42. The highest BCUT2D eigenvalue weighted by Gasteiger charge is 2.09. The molecule has 2 rings (SSSR count). The van der Waals surface area contributed by atoms with Crippen molar-refractivity contribution in [2.75, 3.05) is 5.88 Å². The van der Waals surface area contributed by atoms with E-state index < -0.39 is 0 Å². The number of alkyl halides is 1. The summed E-state index contributed by atoms with van der Waals surface area (Å²) in [4.78, 5) is 3.15. The number of hydrogen-bond donors (Lipinski definition) is 1. The predicted octanol–water partition coefficient (Wildman–Crippen LogP) is 3.60. The minimum absolute atomic E-state index is 0.685. The smallest absolute Gasteiger partial charge is 0.121 e. The molecule has 0 spiro atoms. The summed E-state index contributed by atoms with van der Waals surface area (Å²) in [5.41, 5.74) is 2.86. The maximum Gasteiger partial charge on any atom is 0.121 e. The summed E-state index contributed by atoms with van der Waals surface area (Å²) in [5.74, 6) is 0.685. The van der Waals surface area contributed by atoms with E-state index in [-0.39, 0.29) is 0 Å². The van der Waals surface area contributed by atoms with Gasteiger partial charge in [0.25, 0.3) is 0 Å². The number of H-pyrrole nitrogens is 1. The van der Waals surface area contributed by atoms with E-state index in [1.165, 1.54) is 0 Å². The molecule has 0 fully saturated rings. The highest BCUT2D eigenvalue weighted by atomic mass is 35.5. The van der Waals surface area contributed by atoms with Crippen molar-refractivity contribution in [2.45, 2.75) is 19.3 Å². The Balaban J connectivity index is 2.37. The summed E-state index contributed by atoms with van der Waals surface area (Å²) in [6.45, 7) is 0. The number of aromatic nitrogens is 1. The molecule has 0 aliphatic rings. The lowest BCUT2D eigenvalue weighted by atomic mass is 10.0. The number of nitriles is 1. The van der Waals surface area contributed by atoms with Crippen LogP contribution in [0.1, 0.15) is 24.1 Å². The number of aromatic amines is 1. The fourth-order valence-electron chi connectivity index (χ4n) is 1.95. The molecular weight excluding hydrogens is 220 g/mol. The van der Waals surface area contributed by atoms with Crippen LogP contribution in [0.2, 0.25) is 0 Å². The molecule has 16 heavy (non-hydrogen) atoms. The Labute approximate surface area is 99.8 Å². The van der Waals surface area contributed by atoms with Crippen LogP contribution in [0.5, 0.6) is 0 Å². The molecule has 0 saturated heterocycles. The fraction of sp³-hybridized carbons (Fsp3) is 0.308. The van der Waals surface area contributed by atoms with Crippen molar-refractivity contribution in [3.8, 4) is 6.07 Å². The molecule has 0 amide bonds. The van der Waals surface area contributed by atoms with Gasteiger partial charge in [-0.25, -0.2) is 0 Å². The maximum atomic E-state index is 9.07. The predicted molar refractivity (Wildman–Crippen MR) is 66.7 cm³/mol. The fourth-order valence-corrected chi connectivity index (χ4v) is 2.14. The van der Waals surface area contributed by atoms with Crippen LogP contribution in [0.15, 0.2) is 24.3 Å². The van der Waals surface area contributed by atoms with Gasteiger partial charge in [0.1, 0.15) is 11.8 Å². The number of nitrogens with zero attached hydrogens (tertiary/aromatic N) is 1. The Kier molecular flexibility index (Phi) is 3.48. The number of fused-ring (bicyclic) bond motifs is 1. The third-order valence-corrected chi connectivity index (χ3v) is 3.00. The minimum Gasteiger partial charge on any atom is -0.346 e. The Bertz CT molecular complexity index is 522. The van der Waals surface area contributed by atoms with E-state index in [0.717, 1.165) is 35.7 Å². The summed E-state index contributed by atoms with van der Waals surface area (Å²) in [5, 5.41) is 10.2. The highest BCUT2D eigenvalue weighted by molar-refractivity contribution is 6.17. The van der Waals surface area contributed by atoms with Gasteiger partial charge in [-0.05, 0) is 30.9 Å². The largest absolute Gasteiger partial charge is 0.346 e. The molecule has 1 heterocycles. The van der Waals surface area contributed by atoms with Crippen molar-refractivity contribution < 1.29 is 0 Å².